The summed E-state index contributed by atoms with van der Waals surface area (Å²) >= 11 is 1.68. The number of nitrogens with zero attached hydrogens (tertiary/aromatic N) is 2. The second-order valence-corrected chi connectivity index (χ2v) is 5.88. The van der Waals surface area contributed by atoms with Crippen molar-refractivity contribution in [2.45, 2.75) is 26.8 Å². The molecule has 0 saturated carbocycles. The van der Waals surface area contributed by atoms with Crippen molar-refractivity contribution in [3.05, 3.63) is 34.3 Å². The van der Waals surface area contributed by atoms with E-state index in [2.05, 4.69) is 32.9 Å². The van der Waals surface area contributed by atoms with Crippen LogP contribution in [-0.4, -0.2) is 31.7 Å². The van der Waals surface area contributed by atoms with E-state index in [4.69, 9.17) is 9.47 Å². The molecule has 2 N–H and O–H groups in total. The highest BCUT2D eigenvalue weighted by atomic mass is 32.1. The number of nitrogens with one attached hydrogen (secondary N) is 2. The van der Waals surface area contributed by atoms with Crippen molar-refractivity contribution in [3.8, 4) is 11.5 Å². The molecule has 0 amide bonds. The first-order valence-electron chi connectivity index (χ1n) is 7.91. The lowest BCUT2D eigenvalue weighted by Crippen LogP contribution is -2.30. The fourth-order valence-corrected chi connectivity index (χ4v) is 2.85. The fourth-order valence-electron chi connectivity index (χ4n) is 2.10. The minimum atomic E-state index is 0.597. The van der Waals surface area contributed by atoms with Crippen molar-refractivity contribution < 1.29 is 9.47 Å². The van der Waals surface area contributed by atoms with E-state index >= 15 is 0 Å². The third kappa shape index (κ3) is 4.86. The topological polar surface area (TPSA) is 67.8 Å². The zero-order chi connectivity index (χ0) is 17.4. The van der Waals surface area contributed by atoms with Crippen molar-refractivity contribution in [1.29, 1.82) is 0 Å². The van der Waals surface area contributed by atoms with Crippen LogP contribution in [0.5, 0.6) is 11.5 Å². The molecule has 0 radical (unpaired) electrons. The number of hydrogen-bond acceptors (Lipinski definition) is 5. The summed E-state index contributed by atoms with van der Waals surface area (Å²) in [5, 5.41) is 9.72. The van der Waals surface area contributed by atoms with Gasteiger partial charge in [-0.05, 0) is 25.5 Å². The molecule has 6 nitrogen and oxygen atoms in total. The lowest BCUT2D eigenvalue weighted by molar-refractivity contribution is 0.311. The van der Waals surface area contributed by atoms with Crippen LogP contribution in [0, 0.1) is 0 Å². The Morgan fingerprint density at radius 3 is 2.75 bits per heavy atom. The summed E-state index contributed by atoms with van der Waals surface area (Å²) in [5.41, 5.74) is 1.89. The number of hydrogen-bond donors (Lipinski definition) is 2. The Labute approximate surface area is 146 Å². The van der Waals surface area contributed by atoms with E-state index < -0.39 is 0 Å². The molecule has 0 aliphatic rings. The van der Waals surface area contributed by atoms with Crippen LogP contribution >= 0.6 is 11.3 Å². The van der Waals surface area contributed by atoms with Gasteiger partial charge in [-0.25, -0.2) is 4.98 Å². The Bertz CT molecular complexity index is 685. The third-order valence-corrected chi connectivity index (χ3v) is 4.33. The molecular formula is C17H24N4O2S. The molecule has 0 aliphatic carbocycles. The quantitative estimate of drug-likeness (QED) is 0.593. The highest BCUT2D eigenvalue weighted by Crippen LogP contribution is 2.30. The van der Waals surface area contributed by atoms with Crippen molar-refractivity contribution in [2.24, 2.45) is 4.99 Å². The molecule has 0 bridgehead atoms. The first kappa shape index (κ1) is 18.1. The van der Waals surface area contributed by atoms with E-state index in [0.29, 0.717) is 24.9 Å². The van der Waals surface area contributed by atoms with Gasteiger partial charge in [0.1, 0.15) is 0 Å². The average Bonchev–Trinajstić information content (AvgIpc) is 3.08. The maximum absolute atomic E-state index is 5.53. The number of benzene rings is 1. The molecule has 24 heavy (non-hydrogen) atoms. The molecule has 0 fully saturated rings. The van der Waals surface area contributed by atoms with E-state index in [1.807, 2.05) is 25.1 Å². The van der Waals surface area contributed by atoms with Gasteiger partial charge in [0.05, 0.1) is 31.0 Å². The smallest absolute Gasteiger partial charge is 0.195 e. The Kier molecular flexibility index (Phi) is 6.87. The van der Waals surface area contributed by atoms with Gasteiger partial charge in [0, 0.05) is 24.2 Å². The van der Waals surface area contributed by atoms with Crippen LogP contribution < -0.4 is 20.1 Å². The van der Waals surface area contributed by atoms with Gasteiger partial charge in [0.2, 0.25) is 0 Å². The van der Waals surface area contributed by atoms with Crippen molar-refractivity contribution in [2.75, 3.05) is 26.1 Å². The second-order valence-electron chi connectivity index (χ2n) is 4.94. The number of methoxy groups -OCH3 is 1. The number of aryl methyl sites for hydroxylation is 1. The van der Waals surface area contributed by atoms with E-state index in [-0.39, 0.29) is 0 Å². The van der Waals surface area contributed by atoms with E-state index in [1.165, 1.54) is 0 Å². The van der Waals surface area contributed by atoms with E-state index in [9.17, 15) is 0 Å². The number of aliphatic imine (C=N–C) groups is 1. The number of guanidine groups is 1. The standard InChI is InChI=1S/C17H24N4O2S/c1-5-16-20-13(11-24-16)10-19-17(18-3)21-12-7-8-14(23-6-2)15(9-12)22-4/h7-9,11H,5-6,10H2,1-4H3,(H2,18,19,21). The first-order chi connectivity index (χ1) is 11.7. The van der Waals surface area contributed by atoms with Crippen LogP contribution in [0.25, 0.3) is 0 Å². The number of anilines is 1. The maximum Gasteiger partial charge on any atom is 0.195 e. The summed E-state index contributed by atoms with van der Waals surface area (Å²) in [6, 6.07) is 5.69. The van der Waals surface area contributed by atoms with Gasteiger partial charge in [-0.15, -0.1) is 11.3 Å². The average molecular weight is 348 g/mol. The van der Waals surface area contributed by atoms with E-state index in [1.54, 1.807) is 25.5 Å². The van der Waals surface area contributed by atoms with Gasteiger partial charge < -0.3 is 20.1 Å². The molecule has 0 spiro atoms. The number of rotatable bonds is 7. The molecule has 1 aromatic heterocycles. The Morgan fingerprint density at radius 2 is 2.12 bits per heavy atom. The molecule has 0 unspecified atom stereocenters. The predicted octanol–water partition coefficient (Wildman–Crippen LogP) is 3.30. The zero-order valence-corrected chi connectivity index (χ0v) is 15.4. The molecule has 0 atom stereocenters. The molecule has 1 heterocycles. The predicted molar refractivity (Wildman–Crippen MR) is 99.5 cm³/mol. The van der Waals surface area contributed by atoms with Crippen molar-refractivity contribution in [1.82, 2.24) is 10.3 Å². The van der Waals surface area contributed by atoms with Gasteiger partial charge in [0.25, 0.3) is 0 Å². The highest BCUT2D eigenvalue weighted by molar-refractivity contribution is 7.09. The monoisotopic (exact) mass is 348 g/mol. The second kappa shape index (κ2) is 9.12. The van der Waals surface area contributed by atoms with Gasteiger partial charge in [-0.2, -0.15) is 0 Å². The number of aromatic nitrogens is 1. The van der Waals surface area contributed by atoms with Crippen LogP contribution in [0.3, 0.4) is 0 Å². The molecule has 130 valence electrons. The summed E-state index contributed by atoms with van der Waals surface area (Å²) in [6.45, 7) is 5.28. The summed E-state index contributed by atoms with van der Waals surface area (Å²) in [5.74, 6) is 2.08. The molecule has 7 heteroatoms. The van der Waals surface area contributed by atoms with Gasteiger partial charge in [-0.3, -0.25) is 4.99 Å². The molecule has 0 saturated heterocycles. The van der Waals surface area contributed by atoms with Crippen LogP contribution in [0.4, 0.5) is 5.69 Å². The Hall–Kier alpha value is -2.28. The number of ether oxygens (including phenoxy) is 2. The third-order valence-electron chi connectivity index (χ3n) is 3.29. The van der Waals surface area contributed by atoms with Crippen molar-refractivity contribution in [3.63, 3.8) is 0 Å². The largest absolute Gasteiger partial charge is 0.493 e. The summed E-state index contributed by atoms with van der Waals surface area (Å²) < 4.78 is 10.9. The normalized spacial score (nSPS) is 11.2. The molecule has 2 aromatic rings. The van der Waals surface area contributed by atoms with Gasteiger partial charge >= 0.3 is 0 Å². The zero-order valence-electron chi connectivity index (χ0n) is 14.5. The van der Waals surface area contributed by atoms with Gasteiger partial charge in [-0.1, -0.05) is 6.92 Å². The maximum atomic E-state index is 5.53. The van der Waals surface area contributed by atoms with Crippen LogP contribution in [0.15, 0.2) is 28.6 Å². The SMILES string of the molecule is CCOc1ccc(NC(=NC)NCc2csc(CC)n2)cc1OC. The Balaban J connectivity index is 1.99. The molecule has 1 aromatic carbocycles. The van der Waals surface area contributed by atoms with Gasteiger partial charge in [0.15, 0.2) is 17.5 Å². The highest BCUT2D eigenvalue weighted by Gasteiger charge is 2.07. The van der Waals surface area contributed by atoms with Crippen LogP contribution in [0.1, 0.15) is 24.5 Å². The minimum Gasteiger partial charge on any atom is -0.493 e. The lowest BCUT2D eigenvalue weighted by Gasteiger charge is -2.14. The first-order valence-corrected chi connectivity index (χ1v) is 8.79. The fraction of sp³-hybridized carbons (Fsp3) is 0.412. The van der Waals surface area contributed by atoms with E-state index in [0.717, 1.165) is 28.6 Å². The molecule has 2 rings (SSSR count). The summed E-state index contributed by atoms with van der Waals surface area (Å²) in [6.07, 6.45) is 0.962. The van der Waals surface area contributed by atoms with Crippen LogP contribution in [-0.2, 0) is 13.0 Å². The Morgan fingerprint density at radius 1 is 1.29 bits per heavy atom. The number of thiazole rings is 1. The van der Waals surface area contributed by atoms with Crippen molar-refractivity contribution >= 4 is 23.0 Å². The van der Waals surface area contributed by atoms with Crippen LogP contribution in [0.2, 0.25) is 0 Å². The molecule has 0 aliphatic heterocycles. The summed E-state index contributed by atoms with van der Waals surface area (Å²) in [7, 11) is 3.36. The minimum absolute atomic E-state index is 0.597. The summed E-state index contributed by atoms with van der Waals surface area (Å²) in [4.78, 5) is 8.78. The molecular weight excluding hydrogens is 324 g/mol. The lowest BCUT2D eigenvalue weighted by atomic mass is 10.2.